The van der Waals surface area contributed by atoms with E-state index in [9.17, 15) is 9.59 Å². The molecule has 0 spiro atoms. The van der Waals surface area contributed by atoms with Gasteiger partial charge in [0.2, 0.25) is 0 Å². The van der Waals surface area contributed by atoms with Crippen molar-refractivity contribution in [1.29, 1.82) is 0 Å². The number of nitrogens with zero attached hydrogens (tertiary/aromatic N) is 5. The molecule has 0 bridgehead atoms. The first kappa shape index (κ1) is 20.6. The first-order valence-corrected chi connectivity index (χ1v) is 10.2. The van der Waals surface area contributed by atoms with Crippen molar-refractivity contribution < 1.29 is 9.59 Å². The van der Waals surface area contributed by atoms with E-state index in [0.717, 1.165) is 50.9 Å². The number of carbonyl (C=O) groups excluding carboxylic acids is 2. The van der Waals surface area contributed by atoms with Crippen molar-refractivity contribution in [2.75, 3.05) is 0 Å². The molecule has 0 saturated carbocycles. The number of carbonyl (C=O) groups is 2. The molecule has 0 atom stereocenters. The Bertz CT molecular complexity index is 1410. The lowest BCUT2D eigenvalue weighted by atomic mass is 10.1. The quantitative estimate of drug-likeness (QED) is 0.352. The zero-order valence-corrected chi connectivity index (χ0v) is 18.4. The van der Waals surface area contributed by atoms with Crippen LogP contribution in [0.1, 0.15) is 32.4 Å². The summed E-state index contributed by atoms with van der Waals surface area (Å²) in [6, 6.07) is 11.6. The number of halogens is 1. The lowest BCUT2D eigenvalue weighted by Gasteiger charge is -2.09. The minimum atomic E-state index is 0.563. The van der Waals surface area contributed by atoms with E-state index in [0.29, 0.717) is 11.4 Å². The molecule has 0 amide bonds. The molecule has 5 aromatic heterocycles. The van der Waals surface area contributed by atoms with Crippen LogP contribution in [-0.4, -0.2) is 36.3 Å². The summed E-state index contributed by atoms with van der Waals surface area (Å²) >= 11 is 3.40. The molecule has 0 aliphatic heterocycles. The summed E-state index contributed by atoms with van der Waals surface area (Å²) in [5, 5.41) is 0. The topological polar surface area (TPSA) is 81.6 Å². The number of aryl methyl sites for hydroxylation is 2. The third kappa shape index (κ3) is 3.77. The fraction of sp³-hybridized carbons (Fsp3) is 0.0870. The van der Waals surface area contributed by atoms with Gasteiger partial charge in [-0.2, -0.15) is 0 Å². The number of imidazole rings is 2. The fourth-order valence-corrected chi connectivity index (χ4v) is 3.80. The second-order valence-electron chi connectivity index (χ2n) is 6.83. The van der Waals surface area contributed by atoms with Crippen LogP contribution in [-0.2, 0) is 0 Å². The van der Waals surface area contributed by atoms with Crippen molar-refractivity contribution in [2.24, 2.45) is 0 Å². The highest BCUT2D eigenvalue weighted by atomic mass is 79.9. The summed E-state index contributed by atoms with van der Waals surface area (Å²) in [5.41, 5.74) is 6.77. The molecule has 0 radical (unpaired) electrons. The maximum Gasteiger partial charge on any atom is 0.168 e. The molecule has 5 aromatic rings. The summed E-state index contributed by atoms with van der Waals surface area (Å²) in [4.78, 5) is 34.1. The Morgan fingerprint density at radius 3 is 2.00 bits per heavy atom. The molecular weight excluding hydrogens is 458 g/mol. The van der Waals surface area contributed by atoms with Crippen molar-refractivity contribution in [1.82, 2.24) is 23.8 Å². The highest BCUT2D eigenvalue weighted by Crippen LogP contribution is 2.24. The summed E-state index contributed by atoms with van der Waals surface area (Å²) in [6.45, 7) is 3.91. The van der Waals surface area contributed by atoms with Crippen molar-refractivity contribution >= 4 is 39.8 Å². The van der Waals surface area contributed by atoms with Gasteiger partial charge >= 0.3 is 0 Å². The number of hydrogen-bond acceptors (Lipinski definition) is 5. The Hall–Kier alpha value is -3.65. The van der Waals surface area contributed by atoms with E-state index < -0.39 is 0 Å². The smallest absolute Gasteiger partial charge is 0.168 e. The zero-order chi connectivity index (χ0) is 22.0. The minimum Gasteiger partial charge on any atom is -0.296 e. The predicted octanol–water partition coefficient (Wildman–Crippen LogP) is 4.73. The molecule has 0 N–H and O–H groups in total. The van der Waals surface area contributed by atoms with Gasteiger partial charge in [-0.1, -0.05) is 6.07 Å². The van der Waals surface area contributed by atoms with E-state index in [1.54, 1.807) is 18.6 Å². The maximum atomic E-state index is 11.0. The monoisotopic (exact) mass is 475 g/mol. The molecular formula is C23H18BrN5O2. The van der Waals surface area contributed by atoms with Crippen LogP contribution in [0.2, 0.25) is 0 Å². The average Bonchev–Trinajstić information content (AvgIpc) is 3.42. The molecule has 7 nitrogen and oxygen atoms in total. The van der Waals surface area contributed by atoms with E-state index in [1.165, 1.54) is 0 Å². The molecule has 0 aliphatic rings. The highest BCUT2D eigenvalue weighted by molar-refractivity contribution is 9.10. The highest BCUT2D eigenvalue weighted by Gasteiger charge is 2.10. The van der Waals surface area contributed by atoms with Gasteiger partial charge in [0.15, 0.2) is 12.6 Å². The van der Waals surface area contributed by atoms with Crippen LogP contribution in [0.3, 0.4) is 0 Å². The molecule has 5 heterocycles. The van der Waals surface area contributed by atoms with Crippen LogP contribution < -0.4 is 0 Å². The fourth-order valence-electron chi connectivity index (χ4n) is 3.49. The molecule has 5 rings (SSSR count). The lowest BCUT2D eigenvalue weighted by molar-refractivity contribution is 0.111. The van der Waals surface area contributed by atoms with Crippen molar-refractivity contribution in [3.63, 3.8) is 0 Å². The Morgan fingerprint density at radius 2 is 1.42 bits per heavy atom. The number of hydrogen-bond donors (Lipinski definition) is 0. The standard InChI is InChI=1S/C14H11N3O.C9H7BrN2O/c1-10-13(11-3-2-6-15-7-11)4-5-14-16-8-12(9-18)17(10)14;1-6-8(10)2-3-9-11-4-7(5-13)12(6)9/h2-9H,1H3;2-5H,1H3. The molecule has 0 aliphatic carbocycles. The second kappa shape index (κ2) is 8.61. The first-order chi connectivity index (χ1) is 15.0. The van der Waals surface area contributed by atoms with Gasteiger partial charge in [-0.05, 0) is 60.1 Å². The summed E-state index contributed by atoms with van der Waals surface area (Å²) in [5.74, 6) is 0. The Labute approximate surface area is 186 Å². The van der Waals surface area contributed by atoms with Crippen LogP contribution in [0.5, 0.6) is 0 Å². The number of aldehydes is 2. The molecule has 8 heteroatoms. The molecule has 0 unspecified atom stereocenters. The third-order valence-corrected chi connectivity index (χ3v) is 5.87. The van der Waals surface area contributed by atoms with E-state index in [1.807, 2.05) is 65.2 Å². The lowest BCUT2D eigenvalue weighted by Crippen LogP contribution is -1.98. The van der Waals surface area contributed by atoms with Crippen molar-refractivity contribution in [3.8, 4) is 11.1 Å². The SMILES string of the molecule is Cc1c(-c2cccnc2)ccc2ncc(C=O)n12.Cc1c(Br)ccc2ncc(C=O)n12. The molecule has 154 valence electrons. The minimum absolute atomic E-state index is 0.563. The van der Waals surface area contributed by atoms with Crippen LogP contribution in [0, 0.1) is 13.8 Å². The average molecular weight is 476 g/mol. The van der Waals surface area contributed by atoms with Gasteiger partial charge in [0.1, 0.15) is 22.7 Å². The number of aromatic nitrogens is 5. The van der Waals surface area contributed by atoms with E-state index in [2.05, 4.69) is 30.9 Å². The van der Waals surface area contributed by atoms with Gasteiger partial charge in [-0.25, -0.2) is 9.97 Å². The van der Waals surface area contributed by atoms with Gasteiger partial charge in [0, 0.05) is 39.4 Å². The molecule has 31 heavy (non-hydrogen) atoms. The molecule has 0 saturated heterocycles. The van der Waals surface area contributed by atoms with Gasteiger partial charge in [-0.3, -0.25) is 23.4 Å². The van der Waals surface area contributed by atoms with E-state index >= 15 is 0 Å². The van der Waals surface area contributed by atoms with Gasteiger partial charge in [0.05, 0.1) is 12.4 Å². The Balaban J connectivity index is 0.000000158. The normalized spacial score (nSPS) is 10.7. The van der Waals surface area contributed by atoms with Crippen molar-refractivity contribution in [3.05, 3.63) is 88.4 Å². The van der Waals surface area contributed by atoms with Crippen LogP contribution in [0.15, 0.2) is 65.7 Å². The number of fused-ring (bicyclic) bond motifs is 2. The molecule has 0 fully saturated rings. The van der Waals surface area contributed by atoms with Gasteiger partial charge in [-0.15, -0.1) is 0 Å². The largest absolute Gasteiger partial charge is 0.296 e. The van der Waals surface area contributed by atoms with Crippen LogP contribution in [0.25, 0.3) is 22.4 Å². The Kier molecular flexibility index (Phi) is 5.73. The van der Waals surface area contributed by atoms with E-state index in [-0.39, 0.29) is 0 Å². The number of pyridine rings is 3. The third-order valence-electron chi connectivity index (χ3n) is 5.03. The summed E-state index contributed by atoms with van der Waals surface area (Å²) < 4.78 is 4.65. The second-order valence-corrected chi connectivity index (χ2v) is 7.68. The molecule has 0 aromatic carbocycles. The summed E-state index contributed by atoms with van der Waals surface area (Å²) in [7, 11) is 0. The zero-order valence-electron chi connectivity index (χ0n) is 16.9. The maximum absolute atomic E-state index is 11.0. The van der Waals surface area contributed by atoms with Gasteiger partial charge < -0.3 is 0 Å². The summed E-state index contributed by atoms with van der Waals surface area (Å²) in [6.07, 6.45) is 8.33. The van der Waals surface area contributed by atoms with Gasteiger partial charge in [0.25, 0.3) is 0 Å². The number of rotatable bonds is 3. The van der Waals surface area contributed by atoms with E-state index in [4.69, 9.17) is 0 Å². The van der Waals surface area contributed by atoms with Crippen LogP contribution >= 0.6 is 15.9 Å². The first-order valence-electron chi connectivity index (χ1n) is 9.45. The predicted molar refractivity (Wildman–Crippen MR) is 122 cm³/mol. The van der Waals surface area contributed by atoms with Crippen molar-refractivity contribution in [2.45, 2.75) is 13.8 Å². The van der Waals surface area contributed by atoms with Crippen LogP contribution in [0.4, 0.5) is 0 Å². The Morgan fingerprint density at radius 1 is 0.806 bits per heavy atom.